The van der Waals surface area contributed by atoms with Crippen molar-refractivity contribution in [2.24, 2.45) is 17.1 Å². The van der Waals surface area contributed by atoms with Gasteiger partial charge in [0.25, 0.3) is 0 Å². The SMILES string of the molecule is Cc1cccc(C(N)C2CCC(C)(C)CC2)c1. The van der Waals surface area contributed by atoms with Crippen molar-refractivity contribution in [3.05, 3.63) is 35.4 Å². The molecule has 1 aliphatic rings. The molecule has 0 heterocycles. The number of hydrogen-bond acceptors (Lipinski definition) is 1. The Hall–Kier alpha value is -0.820. The van der Waals surface area contributed by atoms with Crippen LogP contribution in [0.15, 0.2) is 24.3 Å². The van der Waals surface area contributed by atoms with Crippen LogP contribution in [-0.2, 0) is 0 Å². The summed E-state index contributed by atoms with van der Waals surface area (Å²) in [6.45, 7) is 6.89. The molecule has 0 aromatic heterocycles. The Morgan fingerprint density at radius 2 is 1.88 bits per heavy atom. The van der Waals surface area contributed by atoms with E-state index in [0.717, 1.165) is 0 Å². The summed E-state index contributed by atoms with van der Waals surface area (Å²) in [5.74, 6) is 0.671. The van der Waals surface area contributed by atoms with Gasteiger partial charge in [-0.05, 0) is 49.5 Å². The third-order valence-corrected chi connectivity index (χ3v) is 4.32. The van der Waals surface area contributed by atoms with Crippen LogP contribution in [0.4, 0.5) is 0 Å². The van der Waals surface area contributed by atoms with Gasteiger partial charge in [-0.1, -0.05) is 43.7 Å². The second-order valence-electron chi connectivity index (χ2n) is 6.44. The summed E-state index contributed by atoms with van der Waals surface area (Å²) in [6.07, 6.45) is 5.19. The van der Waals surface area contributed by atoms with Crippen molar-refractivity contribution in [1.82, 2.24) is 0 Å². The van der Waals surface area contributed by atoms with E-state index in [-0.39, 0.29) is 6.04 Å². The van der Waals surface area contributed by atoms with Gasteiger partial charge in [0.2, 0.25) is 0 Å². The highest BCUT2D eigenvalue weighted by Crippen LogP contribution is 2.41. The first-order valence-corrected chi connectivity index (χ1v) is 6.80. The second kappa shape index (κ2) is 4.81. The van der Waals surface area contributed by atoms with Crippen LogP contribution in [0.2, 0.25) is 0 Å². The topological polar surface area (TPSA) is 26.0 Å². The van der Waals surface area contributed by atoms with Gasteiger partial charge in [-0.2, -0.15) is 0 Å². The lowest BCUT2D eigenvalue weighted by atomic mass is 9.70. The Kier molecular flexibility index (Phi) is 3.58. The van der Waals surface area contributed by atoms with Gasteiger partial charge < -0.3 is 5.73 Å². The van der Waals surface area contributed by atoms with E-state index < -0.39 is 0 Å². The predicted octanol–water partition coefficient (Wildman–Crippen LogP) is 4.21. The molecule has 0 aliphatic heterocycles. The van der Waals surface area contributed by atoms with Crippen LogP contribution >= 0.6 is 0 Å². The first-order chi connectivity index (χ1) is 7.98. The molecule has 0 bridgehead atoms. The first-order valence-electron chi connectivity index (χ1n) is 6.80. The highest BCUT2D eigenvalue weighted by atomic mass is 14.7. The maximum atomic E-state index is 6.43. The highest BCUT2D eigenvalue weighted by Gasteiger charge is 2.30. The van der Waals surface area contributed by atoms with Gasteiger partial charge in [-0.25, -0.2) is 0 Å². The molecule has 1 atom stereocenters. The van der Waals surface area contributed by atoms with Gasteiger partial charge in [0.05, 0.1) is 0 Å². The molecule has 17 heavy (non-hydrogen) atoms. The van der Waals surface area contributed by atoms with E-state index in [4.69, 9.17) is 5.73 Å². The van der Waals surface area contributed by atoms with E-state index in [2.05, 4.69) is 45.0 Å². The number of nitrogens with two attached hydrogens (primary N) is 1. The number of rotatable bonds is 2. The molecule has 1 heteroatoms. The molecule has 1 saturated carbocycles. The van der Waals surface area contributed by atoms with Crippen molar-refractivity contribution in [3.8, 4) is 0 Å². The molecule has 1 aromatic carbocycles. The molecule has 0 radical (unpaired) electrons. The fourth-order valence-electron chi connectivity index (χ4n) is 2.93. The summed E-state index contributed by atoms with van der Waals surface area (Å²) in [4.78, 5) is 0. The van der Waals surface area contributed by atoms with Crippen LogP contribution in [0.1, 0.15) is 56.7 Å². The average molecular weight is 231 g/mol. The van der Waals surface area contributed by atoms with Crippen LogP contribution in [-0.4, -0.2) is 0 Å². The number of benzene rings is 1. The summed E-state index contributed by atoms with van der Waals surface area (Å²) in [5.41, 5.74) is 9.59. The molecular formula is C16H25N. The highest BCUT2D eigenvalue weighted by molar-refractivity contribution is 5.25. The normalized spacial score (nSPS) is 22.4. The van der Waals surface area contributed by atoms with Crippen LogP contribution in [0.25, 0.3) is 0 Å². The van der Waals surface area contributed by atoms with E-state index >= 15 is 0 Å². The van der Waals surface area contributed by atoms with Crippen molar-refractivity contribution in [3.63, 3.8) is 0 Å². The minimum Gasteiger partial charge on any atom is -0.324 e. The molecule has 0 spiro atoms. The summed E-state index contributed by atoms with van der Waals surface area (Å²) in [7, 11) is 0. The van der Waals surface area contributed by atoms with Gasteiger partial charge in [-0.3, -0.25) is 0 Å². The zero-order valence-electron chi connectivity index (χ0n) is 11.4. The fourth-order valence-corrected chi connectivity index (χ4v) is 2.93. The molecule has 1 aliphatic carbocycles. The minimum atomic E-state index is 0.228. The molecule has 0 saturated heterocycles. The largest absolute Gasteiger partial charge is 0.324 e. The predicted molar refractivity (Wildman–Crippen MR) is 73.8 cm³/mol. The van der Waals surface area contributed by atoms with Gasteiger partial charge >= 0.3 is 0 Å². The Morgan fingerprint density at radius 1 is 1.24 bits per heavy atom. The average Bonchev–Trinajstić information content (AvgIpc) is 2.28. The lowest BCUT2D eigenvalue weighted by Crippen LogP contribution is -2.29. The maximum absolute atomic E-state index is 6.43. The Bertz CT molecular complexity index is 371. The van der Waals surface area contributed by atoms with Gasteiger partial charge in [-0.15, -0.1) is 0 Å². The zero-order valence-corrected chi connectivity index (χ0v) is 11.4. The molecule has 1 unspecified atom stereocenters. The van der Waals surface area contributed by atoms with Crippen molar-refractivity contribution < 1.29 is 0 Å². The number of hydrogen-bond donors (Lipinski definition) is 1. The Balaban J connectivity index is 2.04. The summed E-state index contributed by atoms with van der Waals surface area (Å²) in [6, 6.07) is 8.91. The molecule has 0 amide bonds. The van der Waals surface area contributed by atoms with Crippen LogP contribution < -0.4 is 5.73 Å². The molecule has 2 N–H and O–H groups in total. The maximum Gasteiger partial charge on any atom is 0.0323 e. The molecule has 1 aromatic rings. The third-order valence-electron chi connectivity index (χ3n) is 4.32. The second-order valence-corrected chi connectivity index (χ2v) is 6.44. The third kappa shape index (κ3) is 3.10. The molecular weight excluding hydrogens is 206 g/mol. The van der Waals surface area contributed by atoms with E-state index in [1.54, 1.807) is 0 Å². The molecule has 1 fully saturated rings. The summed E-state index contributed by atoms with van der Waals surface area (Å²) >= 11 is 0. The first kappa shape index (κ1) is 12.6. The van der Waals surface area contributed by atoms with Gasteiger partial charge in [0, 0.05) is 6.04 Å². The van der Waals surface area contributed by atoms with Crippen LogP contribution in [0, 0.1) is 18.3 Å². The van der Waals surface area contributed by atoms with Crippen molar-refractivity contribution in [2.75, 3.05) is 0 Å². The van der Waals surface area contributed by atoms with Crippen molar-refractivity contribution >= 4 is 0 Å². The fraction of sp³-hybridized carbons (Fsp3) is 0.625. The van der Waals surface area contributed by atoms with E-state index in [1.165, 1.54) is 36.8 Å². The molecule has 2 rings (SSSR count). The van der Waals surface area contributed by atoms with Gasteiger partial charge in [0.1, 0.15) is 0 Å². The van der Waals surface area contributed by atoms with E-state index in [1.807, 2.05) is 0 Å². The zero-order chi connectivity index (χ0) is 12.5. The van der Waals surface area contributed by atoms with Crippen LogP contribution in [0.5, 0.6) is 0 Å². The quantitative estimate of drug-likeness (QED) is 0.810. The summed E-state index contributed by atoms with van der Waals surface area (Å²) in [5, 5.41) is 0. The van der Waals surface area contributed by atoms with Crippen molar-refractivity contribution in [1.29, 1.82) is 0 Å². The lowest BCUT2D eigenvalue weighted by molar-refractivity contribution is 0.173. The van der Waals surface area contributed by atoms with E-state index in [9.17, 15) is 0 Å². The molecule has 94 valence electrons. The monoisotopic (exact) mass is 231 g/mol. The smallest absolute Gasteiger partial charge is 0.0323 e. The number of aryl methyl sites for hydroxylation is 1. The Labute approximate surface area is 105 Å². The lowest BCUT2D eigenvalue weighted by Gasteiger charge is -2.37. The van der Waals surface area contributed by atoms with Crippen molar-refractivity contribution in [2.45, 2.75) is 52.5 Å². The van der Waals surface area contributed by atoms with Gasteiger partial charge in [0.15, 0.2) is 0 Å². The molecule has 1 nitrogen and oxygen atoms in total. The standard InChI is InChI=1S/C16H25N/c1-12-5-4-6-14(11-12)15(17)13-7-9-16(2,3)10-8-13/h4-6,11,13,15H,7-10,17H2,1-3H3. The summed E-state index contributed by atoms with van der Waals surface area (Å²) < 4.78 is 0. The minimum absolute atomic E-state index is 0.228. The Morgan fingerprint density at radius 3 is 2.47 bits per heavy atom. The van der Waals surface area contributed by atoms with E-state index in [0.29, 0.717) is 11.3 Å². The van der Waals surface area contributed by atoms with Crippen LogP contribution in [0.3, 0.4) is 0 Å².